The number of aromatic nitrogens is 2. The quantitative estimate of drug-likeness (QED) is 0.649. The normalized spacial score (nSPS) is 15.7. The van der Waals surface area contributed by atoms with Gasteiger partial charge in [0.15, 0.2) is 17.2 Å². The lowest BCUT2D eigenvalue weighted by molar-refractivity contribution is 0.0854. The summed E-state index contributed by atoms with van der Waals surface area (Å²) in [6, 6.07) is 15.3. The van der Waals surface area contributed by atoms with Crippen LogP contribution in [0.4, 0.5) is 0 Å². The number of benzene rings is 2. The van der Waals surface area contributed by atoms with Crippen molar-refractivity contribution in [1.82, 2.24) is 15.1 Å². The van der Waals surface area contributed by atoms with Crippen molar-refractivity contribution in [2.45, 2.75) is 18.9 Å². The summed E-state index contributed by atoms with van der Waals surface area (Å²) in [5.74, 6) is 0.985. The maximum absolute atomic E-state index is 13.0. The molecule has 7 nitrogen and oxygen atoms in total. The maximum Gasteiger partial charge on any atom is 0.272 e. The second-order valence-electron chi connectivity index (χ2n) is 7.09. The maximum atomic E-state index is 13.0. The van der Waals surface area contributed by atoms with Crippen molar-refractivity contribution in [3.63, 3.8) is 0 Å². The van der Waals surface area contributed by atoms with Gasteiger partial charge in [-0.15, -0.1) is 0 Å². The van der Waals surface area contributed by atoms with Crippen LogP contribution in [0.25, 0.3) is 16.8 Å². The molecule has 156 valence electrons. The highest BCUT2D eigenvalue weighted by Gasteiger charge is 2.22. The lowest BCUT2D eigenvalue weighted by Gasteiger charge is -2.11. The number of hydrogen-bond acceptors (Lipinski definition) is 5. The molecule has 1 fully saturated rings. The van der Waals surface area contributed by atoms with E-state index in [1.165, 1.54) is 0 Å². The van der Waals surface area contributed by atoms with E-state index < -0.39 is 0 Å². The van der Waals surface area contributed by atoms with Crippen LogP contribution in [0.3, 0.4) is 0 Å². The minimum Gasteiger partial charge on any atom is -0.493 e. The van der Waals surface area contributed by atoms with Crippen LogP contribution < -0.4 is 14.8 Å². The SMILES string of the molecule is COc1ccc(-c2cn(-c3ccccc3)nc2C(=O)NCC2CCCO2)cc1OC. The van der Waals surface area contributed by atoms with E-state index >= 15 is 0 Å². The summed E-state index contributed by atoms with van der Waals surface area (Å²) in [4.78, 5) is 13.0. The molecule has 1 saturated heterocycles. The number of hydrogen-bond donors (Lipinski definition) is 1. The van der Waals surface area contributed by atoms with Crippen LogP contribution in [0.2, 0.25) is 0 Å². The van der Waals surface area contributed by atoms with Crippen molar-refractivity contribution >= 4 is 5.91 Å². The molecule has 1 unspecified atom stereocenters. The highest BCUT2D eigenvalue weighted by molar-refractivity contribution is 5.99. The van der Waals surface area contributed by atoms with Gasteiger partial charge >= 0.3 is 0 Å². The Labute approximate surface area is 175 Å². The molecule has 1 aliphatic rings. The van der Waals surface area contributed by atoms with Crippen LogP contribution in [0, 0.1) is 0 Å². The summed E-state index contributed by atoms with van der Waals surface area (Å²) >= 11 is 0. The van der Waals surface area contributed by atoms with E-state index in [9.17, 15) is 4.79 Å². The molecule has 0 aliphatic carbocycles. The van der Waals surface area contributed by atoms with E-state index in [1.807, 2.05) is 54.7 Å². The summed E-state index contributed by atoms with van der Waals surface area (Å²) in [7, 11) is 3.18. The number of methoxy groups -OCH3 is 2. The third kappa shape index (κ3) is 4.16. The zero-order valence-corrected chi connectivity index (χ0v) is 17.1. The molecular formula is C23H25N3O4. The van der Waals surface area contributed by atoms with Gasteiger partial charge in [0, 0.05) is 24.9 Å². The molecule has 30 heavy (non-hydrogen) atoms. The third-order valence-corrected chi connectivity index (χ3v) is 5.16. The van der Waals surface area contributed by atoms with Crippen molar-refractivity contribution in [2.75, 3.05) is 27.4 Å². The predicted molar refractivity (Wildman–Crippen MR) is 113 cm³/mol. The van der Waals surface area contributed by atoms with Crippen LogP contribution in [0.5, 0.6) is 11.5 Å². The number of nitrogens with zero attached hydrogens (tertiary/aromatic N) is 2. The van der Waals surface area contributed by atoms with Crippen molar-refractivity contribution in [3.05, 3.63) is 60.4 Å². The highest BCUT2D eigenvalue weighted by atomic mass is 16.5. The molecular weight excluding hydrogens is 382 g/mol. The number of ether oxygens (including phenoxy) is 3. The molecule has 1 aliphatic heterocycles. The average Bonchev–Trinajstić information content (AvgIpc) is 3.48. The molecule has 0 bridgehead atoms. The van der Waals surface area contributed by atoms with E-state index in [4.69, 9.17) is 14.2 Å². The predicted octanol–water partition coefficient (Wildman–Crippen LogP) is 3.47. The Morgan fingerprint density at radius 3 is 2.67 bits per heavy atom. The van der Waals surface area contributed by atoms with Crippen molar-refractivity contribution in [1.29, 1.82) is 0 Å². The van der Waals surface area contributed by atoms with Gasteiger partial charge in [0.2, 0.25) is 0 Å². The number of para-hydroxylation sites is 1. The van der Waals surface area contributed by atoms with Gasteiger partial charge in [0.1, 0.15) is 0 Å². The number of rotatable bonds is 7. The van der Waals surface area contributed by atoms with Gasteiger partial charge in [-0.05, 0) is 42.7 Å². The van der Waals surface area contributed by atoms with Gasteiger partial charge in [-0.25, -0.2) is 4.68 Å². The average molecular weight is 407 g/mol. The van der Waals surface area contributed by atoms with Crippen LogP contribution in [0.1, 0.15) is 23.3 Å². The van der Waals surface area contributed by atoms with Crippen LogP contribution >= 0.6 is 0 Å². The standard InChI is InChI=1S/C23H25N3O4/c1-28-20-11-10-16(13-21(20)29-2)19-15-26(17-7-4-3-5-8-17)25-22(19)23(27)24-14-18-9-6-12-30-18/h3-5,7-8,10-11,13,15,18H,6,9,12,14H2,1-2H3,(H,24,27). The van der Waals surface area contributed by atoms with Crippen LogP contribution in [0.15, 0.2) is 54.7 Å². The van der Waals surface area contributed by atoms with Crippen molar-refractivity contribution < 1.29 is 19.0 Å². The Bertz CT molecular complexity index is 1010. The minimum atomic E-state index is -0.232. The fourth-order valence-electron chi connectivity index (χ4n) is 3.57. The number of carbonyl (C=O) groups excluding carboxylic acids is 1. The van der Waals surface area contributed by atoms with E-state index in [0.717, 1.165) is 30.7 Å². The Hall–Kier alpha value is -3.32. The van der Waals surface area contributed by atoms with Gasteiger partial charge in [0.25, 0.3) is 5.91 Å². The summed E-state index contributed by atoms with van der Waals surface area (Å²) < 4.78 is 18.1. The van der Waals surface area contributed by atoms with Crippen LogP contribution in [-0.2, 0) is 4.74 Å². The van der Waals surface area contributed by atoms with Gasteiger partial charge in [-0.1, -0.05) is 24.3 Å². The lowest BCUT2D eigenvalue weighted by atomic mass is 10.1. The Morgan fingerprint density at radius 1 is 1.17 bits per heavy atom. The molecule has 4 rings (SSSR count). The molecule has 0 spiro atoms. The Kier molecular flexibility index (Phi) is 5.99. The van der Waals surface area contributed by atoms with Crippen molar-refractivity contribution in [3.8, 4) is 28.3 Å². The first kappa shape index (κ1) is 20.0. The van der Waals surface area contributed by atoms with E-state index in [1.54, 1.807) is 18.9 Å². The molecule has 1 aromatic heterocycles. The molecule has 2 heterocycles. The molecule has 1 amide bonds. The topological polar surface area (TPSA) is 74.6 Å². The molecule has 1 atom stereocenters. The van der Waals surface area contributed by atoms with Crippen LogP contribution in [-0.4, -0.2) is 49.2 Å². The largest absolute Gasteiger partial charge is 0.493 e. The zero-order valence-electron chi connectivity index (χ0n) is 17.1. The minimum absolute atomic E-state index is 0.0645. The first-order valence-electron chi connectivity index (χ1n) is 9.97. The smallest absolute Gasteiger partial charge is 0.272 e. The van der Waals surface area contributed by atoms with Crippen molar-refractivity contribution in [2.24, 2.45) is 0 Å². The number of carbonyl (C=O) groups is 1. The fourth-order valence-corrected chi connectivity index (χ4v) is 3.57. The first-order valence-corrected chi connectivity index (χ1v) is 9.97. The monoisotopic (exact) mass is 407 g/mol. The number of amides is 1. The summed E-state index contributed by atoms with van der Waals surface area (Å²) in [5, 5.41) is 7.56. The third-order valence-electron chi connectivity index (χ3n) is 5.16. The van der Waals surface area contributed by atoms with E-state index in [2.05, 4.69) is 10.4 Å². The summed E-state index contributed by atoms with van der Waals surface area (Å²) in [6.45, 7) is 1.22. The molecule has 3 aromatic rings. The summed E-state index contributed by atoms with van der Waals surface area (Å²) in [6.07, 6.45) is 3.91. The lowest BCUT2D eigenvalue weighted by Crippen LogP contribution is -2.32. The summed E-state index contributed by atoms with van der Waals surface area (Å²) in [5.41, 5.74) is 2.75. The Balaban J connectivity index is 1.70. The van der Waals surface area contributed by atoms with Gasteiger partial charge < -0.3 is 19.5 Å². The Morgan fingerprint density at radius 2 is 1.97 bits per heavy atom. The second kappa shape index (κ2) is 9.00. The second-order valence-corrected chi connectivity index (χ2v) is 7.09. The van der Waals surface area contributed by atoms with E-state index in [0.29, 0.717) is 29.3 Å². The van der Waals surface area contributed by atoms with Gasteiger partial charge in [-0.2, -0.15) is 5.10 Å². The molecule has 0 saturated carbocycles. The first-order chi connectivity index (χ1) is 14.7. The van der Waals surface area contributed by atoms with Gasteiger partial charge in [-0.3, -0.25) is 4.79 Å². The molecule has 1 N–H and O–H groups in total. The highest BCUT2D eigenvalue weighted by Crippen LogP contribution is 2.34. The van der Waals surface area contributed by atoms with E-state index in [-0.39, 0.29) is 12.0 Å². The fraction of sp³-hybridized carbons (Fsp3) is 0.304. The number of nitrogens with one attached hydrogen (secondary N) is 1. The zero-order chi connectivity index (χ0) is 20.9. The molecule has 7 heteroatoms. The molecule has 2 aromatic carbocycles. The molecule has 0 radical (unpaired) electrons. The van der Waals surface area contributed by atoms with Gasteiger partial charge in [0.05, 0.1) is 26.0 Å².